The molecule has 0 radical (unpaired) electrons. The van der Waals surface area contributed by atoms with E-state index in [1.165, 1.54) is 24.3 Å². The Bertz CT molecular complexity index is 798. The number of carboxylic acids is 1. The first-order chi connectivity index (χ1) is 10.9. The first-order valence-electron chi connectivity index (χ1n) is 6.27. The lowest BCUT2D eigenvalue weighted by molar-refractivity contribution is 0.0697. The van der Waals surface area contributed by atoms with Crippen LogP contribution in [0.25, 0.3) is 0 Å². The molecule has 0 fully saturated rings. The van der Waals surface area contributed by atoms with Crippen LogP contribution in [0.2, 0.25) is 0 Å². The van der Waals surface area contributed by atoms with E-state index >= 15 is 0 Å². The first kappa shape index (κ1) is 17.3. The third kappa shape index (κ3) is 4.70. The molecule has 3 N–H and O–H groups in total. The van der Waals surface area contributed by atoms with Gasteiger partial charge in [0.25, 0.3) is 5.91 Å². The van der Waals surface area contributed by atoms with E-state index in [0.717, 1.165) is 9.64 Å². The number of thiocarbonyl (C=S) groups is 1. The molecular weight excluding hydrogens is 434 g/mol. The summed E-state index contributed by atoms with van der Waals surface area (Å²) in [6.07, 6.45) is 0. The average molecular weight is 444 g/mol. The molecule has 0 aromatic heterocycles. The average Bonchev–Trinajstić information content (AvgIpc) is 2.48. The van der Waals surface area contributed by atoms with E-state index in [1.807, 2.05) is 22.6 Å². The molecule has 0 aliphatic heterocycles. The number of hydrogen-bond donors (Lipinski definition) is 3. The monoisotopic (exact) mass is 444 g/mol. The SMILES string of the molecule is O=C(NC(=S)Nc1ccc(I)cc1C(=O)O)c1cccc(F)c1. The summed E-state index contributed by atoms with van der Waals surface area (Å²) in [5, 5.41) is 14.1. The van der Waals surface area contributed by atoms with Gasteiger partial charge < -0.3 is 10.4 Å². The third-order valence-electron chi connectivity index (χ3n) is 2.77. The summed E-state index contributed by atoms with van der Waals surface area (Å²) < 4.78 is 13.8. The molecule has 1 amide bonds. The molecule has 23 heavy (non-hydrogen) atoms. The van der Waals surface area contributed by atoms with Crippen molar-refractivity contribution in [1.82, 2.24) is 5.32 Å². The van der Waals surface area contributed by atoms with Crippen molar-refractivity contribution in [2.75, 3.05) is 5.32 Å². The zero-order valence-electron chi connectivity index (χ0n) is 11.5. The number of amides is 1. The molecule has 2 aromatic carbocycles. The largest absolute Gasteiger partial charge is 0.478 e. The van der Waals surface area contributed by atoms with Crippen LogP contribution in [-0.4, -0.2) is 22.1 Å². The molecule has 0 aliphatic carbocycles. The van der Waals surface area contributed by atoms with Gasteiger partial charge in [-0.3, -0.25) is 10.1 Å². The molecule has 0 heterocycles. The lowest BCUT2D eigenvalue weighted by atomic mass is 10.2. The highest BCUT2D eigenvalue weighted by atomic mass is 127. The van der Waals surface area contributed by atoms with Crippen LogP contribution in [0, 0.1) is 9.39 Å². The highest BCUT2D eigenvalue weighted by Crippen LogP contribution is 2.19. The Morgan fingerprint density at radius 3 is 2.57 bits per heavy atom. The number of carbonyl (C=O) groups is 2. The molecular formula is C15H10FIN2O3S. The number of aromatic carboxylic acids is 1. The third-order valence-corrected chi connectivity index (χ3v) is 3.65. The maximum absolute atomic E-state index is 13.1. The van der Waals surface area contributed by atoms with E-state index in [9.17, 15) is 19.1 Å². The fraction of sp³-hybridized carbons (Fsp3) is 0. The summed E-state index contributed by atoms with van der Waals surface area (Å²) in [5.41, 5.74) is 0.386. The molecule has 118 valence electrons. The Kier molecular flexibility index (Phi) is 5.61. The Labute approximate surface area is 150 Å². The molecule has 5 nitrogen and oxygen atoms in total. The van der Waals surface area contributed by atoms with E-state index < -0.39 is 17.7 Å². The molecule has 2 aromatic rings. The van der Waals surface area contributed by atoms with Crippen molar-refractivity contribution in [3.05, 3.63) is 63.0 Å². The number of rotatable bonds is 3. The van der Waals surface area contributed by atoms with Crippen LogP contribution in [0.5, 0.6) is 0 Å². The number of benzene rings is 2. The van der Waals surface area contributed by atoms with Gasteiger partial charge in [-0.25, -0.2) is 9.18 Å². The number of anilines is 1. The molecule has 0 unspecified atom stereocenters. The standard InChI is InChI=1S/C15H10FIN2O3S/c16-9-3-1-2-8(6-9)13(20)19-15(23)18-12-5-4-10(17)7-11(12)14(21)22/h1-7H,(H,21,22)(H2,18,19,20,23). The highest BCUT2D eigenvalue weighted by molar-refractivity contribution is 14.1. The second-order valence-electron chi connectivity index (χ2n) is 4.41. The molecule has 0 saturated heterocycles. The summed E-state index contributed by atoms with van der Waals surface area (Å²) in [6.45, 7) is 0. The molecule has 0 bridgehead atoms. The van der Waals surface area contributed by atoms with Crippen molar-refractivity contribution in [2.24, 2.45) is 0 Å². The number of carbonyl (C=O) groups excluding carboxylic acids is 1. The van der Waals surface area contributed by atoms with Crippen LogP contribution in [0.3, 0.4) is 0 Å². The number of hydrogen-bond acceptors (Lipinski definition) is 3. The van der Waals surface area contributed by atoms with Gasteiger partial charge in [0.15, 0.2) is 5.11 Å². The molecule has 0 aliphatic rings. The Morgan fingerprint density at radius 2 is 1.91 bits per heavy atom. The van der Waals surface area contributed by atoms with Crippen molar-refractivity contribution in [3.63, 3.8) is 0 Å². The van der Waals surface area contributed by atoms with Crippen LogP contribution >= 0.6 is 34.8 Å². The lowest BCUT2D eigenvalue weighted by Crippen LogP contribution is -2.34. The molecule has 8 heteroatoms. The summed E-state index contributed by atoms with van der Waals surface area (Å²) in [4.78, 5) is 23.2. The predicted octanol–water partition coefficient (Wildman–Crippen LogP) is 3.26. The summed E-state index contributed by atoms with van der Waals surface area (Å²) in [7, 11) is 0. The first-order valence-corrected chi connectivity index (χ1v) is 7.76. The summed E-state index contributed by atoms with van der Waals surface area (Å²) in [5.74, 6) is -2.25. The quantitative estimate of drug-likeness (QED) is 0.501. The Hall–Kier alpha value is -2.07. The van der Waals surface area contributed by atoms with E-state index in [1.54, 1.807) is 12.1 Å². The van der Waals surface area contributed by atoms with Crippen molar-refractivity contribution >= 4 is 57.5 Å². The highest BCUT2D eigenvalue weighted by Gasteiger charge is 2.13. The van der Waals surface area contributed by atoms with Crippen LogP contribution < -0.4 is 10.6 Å². The van der Waals surface area contributed by atoms with Crippen LogP contribution in [0.1, 0.15) is 20.7 Å². The van der Waals surface area contributed by atoms with E-state index in [0.29, 0.717) is 0 Å². The van der Waals surface area contributed by atoms with Crippen LogP contribution in [0.4, 0.5) is 10.1 Å². The van der Waals surface area contributed by atoms with Gasteiger partial charge in [0.05, 0.1) is 11.3 Å². The van der Waals surface area contributed by atoms with Gasteiger partial charge in [-0.1, -0.05) is 6.07 Å². The zero-order valence-corrected chi connectivity index (χ0v) is 14.4. The van der Waals surface area contributed by atoms with E-state index in [4.69, 9.17) is 12.2 Å². The van der Waals surface area contributed by atoms with Gasteiger partial charge in [-0.05, 0) is 71.2 Å². The topological polar surface area (TPSA) is 78.4 Å². The second kappa shape index (κ2) is 7.47. The van der Waals surface area contributed by atoms with E-state index in [-0.39, 0.29) is 21.9 Å². The molecule has 0 spiro atoms. The van der Waals surface area contributed by atoms with Gasteiger partial charge in [-0.2, -0.15) is 0 Å². The zero-order chi connectivity index (χ0) is 17.0. The normalized spacial score (nSPS) is 10.0. The van der Waals surface area contributed by atoms with Crippen LogP contribution in [-0.2, 0) is 0 Å². The number of nitrogens with one attached hydrogen (secondary N) is 2. The number of carboxylic acid groups (broad SMARTS) is 1. The number of halogens is 2. The van der Waals surface area contributed by atoms with Crippen molar-refractivity contribution in [3.8, 4) is 0 Å². The predicted molar refractivity (Wildman–Crippen MR) is 96.2 cm³/mol. The summed E-state index contributed by atoms with van der Waals surface area (Å²) >= 11 is 6.98. The smallest absolute Gasteiger partial charge is 0.337 e. The van der Waals surface area contributed by atoms with Crippen LogP contribution in [0.15, 0.2) is 42.5 Å². The fourth-order valence-electron chi connectivity index (χ4n) is 1.76. The van der Waals surface area contributed by atoms with Gasteiger partial charge in [0.1, 0.15) is 5.82 Å². The van der Waals surface area contributed by atoms with Crippen molar-refractivity contribution in [2.45, 2.75) is 0 Å². The molecule has 0 saturated carbocycles. The minimum atomic E-state index is -1.12. The minimum Gasteiger partial charge on any atom is -0.478 e. The Morgan fingerprint density at radius 1 is 1.17 bits per heavy atom. The van der Waals surface area contributed by atoms with Gasteiger partial charge in [0, 0.05) is 9.13 Å². The fourth-order valence-corrected chi connectivity index (χ4v) is 2.45. The minimum absolute atomic E-state index is 0.0271. The second-order valence-corrected chi connectivity index (χ2v) is 6.07. The summed E-state index contributed by atoms with van der Waals surface area (Å²) in [6, 6.07) is 9.86. The molecule has 2 rings (SSSR count). The lowest BCUT2D eigenvalue weighted by Gasteiger charge is -2.12. The van der Waals surface area contributed by atoms with Gasteiger partial charge >= 0.3 is 5.97 Å². The maximum atomic E-state index is 13.1. The van der Waals surface area contributed by atoms with Gasteiger partial charge in [-0.15, -0.1) is 0 Å². The maximum Gasteiger partial charge on any atom is 0.337 e. The Balaban J connectivity index is 2.11. The van der Waals surface area contributed by atoms with Crippen molar-refractivity contribution < 1.29 is 19.1 Å². The molecule has 0 atom stereocenters. The van der Waals surface area contributed by atoms with E-state index in [2.05, 4.69) is 10.6 Å². The van der Waals surface area contributed by atoms with Crippen molar-refractivity contribution in [1.29, 1.82) is 0 Å². The van der Waals surface area contributed by atoms with Gasteiger partial charge in [0.2, 0.25) is 0 Å².